The minimum absolute atomic E-state index is 0.0300. The molecule has 0 saturated carbocycles. The van der Waals surface area contributed by atoms with Gasteiger partial charge in [0.15, 0.2) is 0 Å². The summed E-state index contributed by atoms with van der Waals surface area (Å²) < 4.78 is 0. The Hall–Kier alpha value is -2.21. The predicted molar refractivity (Wildman–Crippen MR) is 66.7 cm³/mol. The Morgan fingerprint density at radius 2 is 2.17 bits per heavy atom. The number of carboxylic acids is 1. The van der Waals surface area contributed by atoms with E-state index in [2.05, 4.69) is 9.97 Å². The van der Waals surface area contributed by atoms with Crippen molar-refractivity contribution in [2.24, 2.45) is 0 Å². The Balaban J connectivity index is 2.69. The highest BCUT2D eigenvalue weighted by Gasteiger charge is 2.13. The summed E-state index contributed by atoms with van der Waals surface area (Å²) in [4.78, 5) is 31.7. The first-order valence-corrected chi connectivity index (χ1v) is 5.39. The Kier molecular flexibility index (Phi) is 3.12. The molecule has 1 heterocycles. The van der Waals surface area contributed by atoms with E-state index in [1.165, 1.54) is 6.07 Å². The first-order chi connectivity index (χ1) is 8.49. The second-order valence-electron chi connectivity index (χ2n) is 4.26. The maximum atomic E-state index is 11.9. The lowest BCUT2D eigenvalue weighted by Crippen LogP contribution is -2.20. The Morgan fingerprint density at radius 1 is 1.44 bits per heavy atom. The van der Waals surface area contributed by atoms with E-state index in [9.17, 15) is 9.59 Å². The second kappa shape index (κ2) is 4.58. The van der Waals surface area contributed by atoms with Gasteiger partial charge in [0.05, 0.1) is 23.0 Å². The number of carbonyl (C=O) groups is 1. The molecule has 2 aromatic rings. The van der Waals surface area contributed by atoms with E-state index < -0.39 is 11.5 Å². The molecule has 0 atom stereocenters. The van der Waals surface area contributed by atoms with E-state index in [4.69, 9.17) is 5.11 Å². The molecule has 2 N–H and O–H groups in total. The van der Waals surface area contributed by atoms with Gasteiger partial charge in [0.2, 0.25) is 0 Å². The van der Waals surface area contributed by atoms with Gasteiger partial charge in [-0.25, -0.2) is 9.78 Å². The quantitative estimate of drug-likeness (QED) is 0.833. The highest BCUT2D eigenvalue weighted by atomic mass is 16.4. The van der Waals surface area contributed by atoms with Crippen molar-refractivity contribution in [3.05, 3.63) is 39.9 Å². The molecule has 0 bridgehead atoms. The molecule has 6 heteroatoms. The van der Waals surface area contributed by atoms with Gasteiger partial charge in [-0.15, -0.1) is 0 Å². The molecule has 6 nitrogen and oxygen atoms in total. The zero-order valence-electron chi connectivity index (χ0n) is 10.1. The molecule has 18 heavy (non-hydrogen) atoms. The number of fused-ring (bicyclic) bond motifs is 1. The van der Waals surface area contributed by atoms with Crippen molar-refractivity contribution in [2.45, 2.75) is 6.54 Å². The first kappa shape index (κ1) is 12.3. The number of nitrogens with zero attached hydrogens (tertiary/aromatic N) is 2. The maximum absolute atomic E-state index is 11.9. The van der Waals surface area contributed by atoms with Gasteiger partial charge >= 0.3 is 5.97 Å². The third-order valence-corrected chi connectivity index (χ3v) is 2.48. The van der Waals surface area contributed by atoms with Crippen LogP contribution in [-0.2, 0) is 6.54 Å². The summed E-state index contributed by atoms with van der Waals surface area (Å²) in [5, 5.41) is 9.15. The van der Waals surface area contributed by atoms with Crippen LogP contribution in [0, 0.1) is 0 Å². The molecular weight excluding hydrogens is 234 g/mol. The molecule has 0 aliphatic carbocycles. The monoisotopic (exact) mass is 247 g/mol. The van der Waals surface area contributed by atoms with Crippen molar-refractivity contribution in [3.63, 3.8) is 0 Å². The minimum Gasteiger partial charge on any atom is -0.478 e. The average Bonchev–Trinajstić information content (AvgIpc) is 2.26. The second-order valence-corrected chi connectivity index (χ2v) is 4.26. The summed E-state index contributed by atoms with van der Waals surface area (Å²) >= 11 is 0. The van der Waals surface area contributed by atoms with Crippen LogP contribution in [0.4, 0.5) is 0 Å². The van der Waals surface area contributed by atoms with Crippen molar-refractivity contribution >= 4 is 16.9 Å². The smallest absolute Gasteiger partial charge is 0.336 e. The van der Waals surface area contributed by atoms with E-state index in [1.54, 1.807) is 12.1 Å². The van der Waals surface area contributed by atoms with Crippen LogP contribution in [0.3, 0.4) is 0 Å². The normalized spacial score (nSPS) is 11.1. The molecule has 2 rings (SSSR count). The number of benzene rings is 1. The first-order valence-electron chi connectivity index (χ1n) is 5.39. The molecule has 0 spiro atoms. The lowest BCUT2D eigenvalue weighted by Gasteiger charge is -2.09. The van der Waals surface area contributed by atoms with Gasteiger partial charge < -0.3 is 15.0 Å². The number of aromatic carboxylic acids is 1. The number of aromatic nitrogens is 2. The van der Waals surface area contributed by atoms with Gasteiger partial charge in [-0.2, -0.15) is 0 Å². The van der Waals surface area contributed by atoms with Crippen LogP contribution in [0.2, 0.25) is 0 Å². The highest BCUT2D eigenvalue weighted by molar-refractivity contribution is 6.02. The molecular formula is C12H13N3O3. The third kappa shape index (κ3) is 2.23. The zero-order chi connectivity index (χ0) is 13.3. The third-order valence-electron chi connectivity index (χ3n) is 2.48. The lowest BCUT2D eigenvalue weighted by molar-refractivity contribution is 0.0699. The topological polar surface area (TPSA) is 86.3 Å². The van der Waals surface area contributed by atoms with Gasteiger partial charge in [-0.1, -0.05) is 6.07 Å². The summed E-state index contributed by atoms with van der Waals surface area (Å²) in [6, 6.07) is 4.61. The van der Waals surface area contributed by atoms with E-state index in [-0.39, 0.29) is 10.9 Å². The summed E-state index contributed by atoms with van der Waals surface area (Å²) in [5.41, 5.74) is -0.0528. The fraction of sp³-hybridized carbons (Fsp3) is 0.250. The molecule has 1 aromatic heterocycles. The number of hydrogen-bond donors (Lipinski definition) is 2. The molecule has 0 saturated heterocycles. The number of rotatable bonds is 3. The Morgan fingerprint density at radius 3 is 2.78 bits per heavy atom. The van der Waals surface area contributed by atoms with Crippen LogP contribution in [0.1, 0.15) is 16.2 Å². The van der Waals surface area contributed by atoms with Gasteiger partial charge in [-0.3, -0.25) is 4.79 Å². The summed E-state index contributed by atoms with van der Waals surface area (Å²) in [6.07, 6.45) is 0. The van der Waals surface area contributed by atoms with Gasteiger partial charge in [0.1, 0.15) is 5.82 Å². The molecule has 0 amide bonds. The molecule has 94 valence electrons. The molecule has 0 aliphatic heterocycles. The summed E-state index contributed by atoms with van der Waals surface area (Å²) in [6.45, 7) is 0.489. The minimum atomic E-state index is -1.13. The molecule has 1 aromatic carbocycles. The molecule has 0 aliphatic rings. The molecule has 0 fully saturated rings. The SMILES string of the molecule is CN(C)Cc1nc2cccc(C(=O)O)c2c(=O)[nH]1. The van der Waals surface area contributed by atoms with Crippen molar-refractivity contribution in [3.8, 4) is 0 Å². The van der Waals surface area contributed by atoms with Crippen LogP contribution < -0.4 is 5.56 Å². The Bertz CT molecular complexity index is 661. The lowest BCUT2D eigenvalue weighted by atomic mass is 10.1. The van der Waals surface area contributed by atoms with Crippen molar-refractivity contribution in [1.29, 1.82) is 0 Å². The molecule has 0 unspecified atom stereocenters. The zero-order valence-corrected chi connectivity index (χ0v) is 10.1. The van der Waals surface area contributed by atoms with Gasteiger partial charge in [0, 0.05) is 0 Å². The van der Waals surface area contributed by atoms with E-state index in [0.29, 0.717) is 17.9 Å². The maximum Gasteiger partial charge on any atom is 0.336 e. The van der Waals surface area contributed by atoms with E-state index in [1.807, 2.05) is 19.0 Å². The van der Waals surface area contributed by atoms with Crippen LogP contribution in [-0.4, -0.2) is 40.0 Å². The number of H-pyrrole nitrogens is 1. The average molecular weight is 247 g/mol. The fourth-order valence-electron chi connectivity index (χ4n) is 1.79. The van der Waals surface area contributed by atoms with Gasteiger partial charge in [-0.05, 0) is 26.2 Å². The standard InChI is InChI=1S/C12H13N3O3/c1-15(2)6-9-13-8-5-3-4-7(12(17)18)10(8)11(16)14-9/h3-5H,6H2,1-2H3,(H,17,18)(H,13,14,16). The van der Waals surface area contributed by atoms with E-state index in [0.717, 1.165) is 0 Å². The fourth-order valence-corrected chi connectivity index (χ4v) is 1.79. The molecule has 0 radical (unpaired) electrons. The van der Waals surface area contributed by atoms with E-state index >= 15 is 0 Å². The summed E-state index contributed by atoms with van der Waals surface area (Å²) in [5.74, 6) is -0.617. The largest absolute Gasteiger partial charge is 0.478 e. The number of aromatic amines is 1. The Labute approximate surface area is 103 Å². The van der Waals surface area contributed by atoms with Crippen molar-refractivity contribution < 1.29 is 9.90 Å². The van der Waals surface area contributed by atoms with Gasteiger partial charge in [0.25, 0.3) is 5.56 Å². The summed E-state index contributed by atoms with van der Waals surface area (Å²) in [7, 11) is 3.72. The van der Waals surface area contributed by atoms with Crippen molar-refractivity contribution in [1.82, 2.24) is 14.9 Å². The number of nitrogens with one attached hydrogen (secondary N) is 1. The van der Waals surface area contributed by atoms with Crippen LogP contribution >= 0.6 is 0 Å². The van der Waals surface area contributed by atoms with Crippen LogP contribution in [0.25, 0.3) is 10.9 Å². The number of hydrogen-bond acceptors (Lipinski definition) is 4. The van der Waals surface area contributed by atoms with Crippen LogP contribution in [0.15, 0.2) is 23.0 Å². The highest BCUT2D eigenvalue weighted by Crippen LogP contribution is 2.13. The van der Waals surface area contributed by atoms with Crippen molar-refractivity contribution in [2.75, 3.05) is 14.1 Å². The predicted octanol–water partition coefficient (Wildman–Crippen LogP) is 0.683. The number of carboxylic acid groups (broad SMARTS) is 1. The van der Waals surface area contributed by atoms with Crippen LogP contribution in [0.5, 0.6) is 0 Å².